The highest BCUT2D eigenvalue weighted by Crippen LogP contribution is 2.87. The molecule has 2 N–H and O–H groups in total. The first-order valence-electron chi connectivity index (χ1n) is 17.1. The Morgan fingerprint density at radius 3 is 2.38 bits per heavy atom. The van der Waals surface area contributed by atoms with Gasteiger partial charge in [0.25, 0.3) is 0 Å². The summed E-state index contributed by atoms with van der Waals surface area (Å²) >= 11 is 0. The summed E-state index contributed by atoms with van der Waals surface area (Å²) in [6.45, 7) is 19.9. The third kappa shape index (κ3) is 4.95. The fraction of sp³-hybridized carbons (Fsp3) is 0.757. The SMILES string of the molecule is C=C(C(=O)[C@H](OC(C)=O)[C@@H](C)[C@H]1[C@@H](OC(C)=O)C[C@@]2(C)[C@@H]3CC[C@H]4[C@H](C)C(=NCC(N)=O)C=C[C@@]45C[C@@]35CC[C@]12C)[C@@H](C)CC. The summed E-state index contributed by atoms with van der Waals surface area (Å²) in [4.78, 5) is 54.9. The zero-order chi connectivity index (χ0) is 33.3. The number of fused-ring (bicyclic) bond motifs is 2. The third-order valence-corrected chi connectivity index (χ3v) is 13.9. The second-order valence-electron chi connectivity index (χ2n) is 15.7. The molecule has 0 aromatic carbocycles. The van der Waals surface area contributed by atoms with Crippen molar-refractivity contribution in [3.8, 4) is 0 Å². The van der Waals surface area contributed by atoms with Gasteiger partial charge in [-0.25, -0.2) is 0 Å². The fourth-order valence-corrected chi connectivity index (χ4v) is 11.5. The lowest BCUT2D eigenvalue weighted by atomic mass is 9.43. The number of ether oxygens (including phenoxy) is 2. The third-order valence-electron chi connectivity index (χ3n) is 13.9. The maximum atomic E-state index is 13.9. The molecule has 8 heteroatoms. The number of hydrogen-bond acceptors (Lipinski definition) is 7. The molecule has 0 aliphatic heterocycles. The van der Waals surface area contributed by atoms with Crippen LogP contribution in [0.25, 0.3) is 0 Å². The number of nitrogens with two attached hydrogens (primary N) is 1. The molecule has 8 nitrogen and oxygen atoms in total. The highest BCUT2D eigenvalue weighted by molar-refractivity contribution is 6.00. The van der Waals surface area contributed by atoms with E-state index in [4.69, 9.17) is 15.2 Å². The van der Waals surface area contributed by atoms with Gasteiger partial charge in [0.05, 0.1) is 0 Å². The summed E-state index contributed by atoms with van der Waals surface area (Å²) in [5.41, 5.74) is 6.74. The second kappa shape index (κ2) is 11.5. The number of amides is 1. The highest BCUT2D eigenvalue weighted by Gasteiger charge is 2.81. The standard InChI is InChI=1S/C37H54N2O6/c1-10-20(2)21(3)32(43)33(45-25(7)41)23(5)31-28(44-24(6)40)17-35(9)29-12-11-26-22(4)27(39-18-30(38)42)13-14-36(26)19-37(29,36)16-15-34(31,35)8/h13-14,20,22-23,26,28-29,31,33H,3,10-12,15-19H2,1-2,4-9H3,(H2,38,42)/t20-,22-,23-,26-,28-,29-,31-,33+,34+,35-,36+,37-/m0/s1. The van der Waals surface area contributed by atoms with Gasteiger partial charge in [0.1, 0.15) is 12.6 Å². The van der Waals surface area contributed by atoms with E-state index < -0.39 is 18.0 Å². The van der Waals surface area contributed by atoms with Crippen LogP contribution in [0.2, 0.25) is 0 Å². The second-order valence-corrected chi connectivity index (χ2v) is 15.7. The molecular weight excluding hydrogens is 568 g/mol. The van der Waals surface area contributed by atoms with Gasteiger partial charge in [0, 0.05) is 37.3 Å². The average Bonchev–Trinajstić information content (AvgIpc) is 3.57. The van der Waals surface area contributed by atoms with Gasteiger partial charge in [-0.2, -0.15) is 0 Å². The molecule has 1 amide bonds. The van der Waals surface area contributed by atoms with Crippen LogP contribution in [0.4, 0.5) is 0 Å². The highest BCUT2D eigenvalue weighted by atomic mass is 16.6. The Hall–Kier alpha value is -2.77. The lowest BCUT2D eigenvalue weighted by molar-refractivity contribution is -0.166. The van der Waals surface area contributed by atoms with Gasteiger partial charge in [0.2, 0.25) is 5.91 Å². The van der Waals surface area contributed by atoms with Crippen molar-refractivity contribution < 1.29 is 28.7 Å². The van der Waals surface area contributed by atoms with E-state index in [2.05, 4.69) is 44.5 Å². The minimum atomic E-state index is -0.981. The van der Waals surface area contributed by atoms with Gasteiger partial charge in [-0.3, -0.25) is 24.2 Å². The Bertz CT molecular complexity index is 1350. The van der Waals surface area contributed by atoms with Gasteiger partial charge >= 0.3 is 11.9 Å². The summed E-state index contributed by atoms with van der Waals surface area (Å²) in [7, 11) is 0. The summed E-state index contributed by atoms with van der Waals surface area (Å²) in [5.74, 6) is -0.864. The van der Waals surface area contributed by atoms with Crippen molar-refractivity contribution in [2.75, 3.05) is 6.54 Å². The summed E-state index contributed by atoms with van der Waals surface area (Å²) in [6, 6.07) is 0. The first-order valence-corrected chi connectivity index (χ1v) is 17.1. The van der Waals surface area contributed by atoms with E-state index in [1.54, 1.807) is 0 Å². The molecule has 0 aromatic rings. The van der Waals surface area contributed by atoms with Crippen LogP contribution in [-0.4, -0.2) is 48.1 Å². The van der Waals surface area contributed by atoms with E-state index in [-0.39, 0.29) is 69.7 Å². The van der Waals surface area contributed by atoms with E-state index in [9.17, 15) is 19.2 Å². The van der Waals surface area contributed by atoms with E-state index in [0.29, 0.717) is 17.4 Å². The monoisotopic (exact) mass is 622 g/mol. The van der Waals surface area contributed by atoms with Crippen LogP contribution >= 0.6 is 0 Å². The predicted octanol–water partition coefficient (Wildman–Crippen LogP) is 6.02. The van der Waals surface area contributed by atoms with Crippen LogP contribution in [0, 0.1) is 57.2 Å². The van der Waals surface area contributed by atoms with Crippen LogP contribution < -0.4 is 5.73 Å². The molecule has 12 atom stereocenters. The Morgan fingerprint density at radius 2 is 1.78 bits per heavy atom. The molecule has 5 rings (SSSR count). The zero-order valence-corrected chi connectivity index (χ0v) is 28.6. The average molecular weight is 623 g/mol. The molecule has 45 heavy (non-hydrogen) atoms. The number of nitrogens with zero attached hydrogens (tertiary/aromatic N) is 1. The Labute approximate surface area is 269 Å². The molecular formula is C37H54N2O6. The van der Waals surface area contributed by atoms with Gasteiger partial charge in [-0.15, -0.1) is 0 Å². The molecule has 0 unspecified atom stereocenters. The van der Waals surface area contributed by atoms with Crippen molar-refractivity contribution in [1.82, 2.24) is 0 Å². The molecule has 0 bridgehead atoms. The molecule has 4 saturated carbocycles. The number of esters is 2. The van der Waals surface area contributed by atoms with E-state index in [0.717, 1.165) is 50.7 Å². The molecule has 4 fully saturated rings. The van der Waals surface area contributed by atoms with E-state index in [1.165, 1.54) is 13.8 Å². The molecule has 2 spiro atoms. The number of ketones is 1. The summed E-state index contributed by atoms with van der Waals surface area (Å²) < 4.78 is 12.0. The van der Waals surface area contributed by atoms with Crippen molar-refractivity contribution in [2.24, 2.45) is 67.9 Å². The Morgan fingerprint density at radius 1 is 1.09 bits per heavy atom. The normalized spacial score (nSPS) is 42.2. The van der Waals surface area contributed by atoms with Crippen molar-refractivity contribution in [2.45, 2.75) is 113 Å². The number of primary amides is 1. The number of allylic oxidation sites excluding steroid dienone is 2. The lowest BCUT2D eigenvalue weighted by Gasteiger charge is -2.61. The molecule has 0 aromatic heterocycles. The number of carbonyl (C=O) groups excluding carboxylic acids is 4. The minimum Gasteiger partial charge on any atom is -0.462 e. The molecule has 0 saturated heterocycles. The zero-order valence-electron chi connectivity index (χ0n) is 28.6. The van der Waals surface area contributed by atoms with Crippen LogP contribution in [0.1, 0.15) is 100 Å². The number of hydrogen-bond donors (Lipinski definition) is 1. The van der Waals surface area contributed by atoms with Crippen LogP contribution in [-0.2, 0) is 28.7 Å². The van der Waals surface area contributed by atoms with E-state index >= 15 is 0 Å². The predicted molar refractivity (Wildman–Crippen MR) is 173 cm³/mol. The number of carbonyl (C=O) groups is 4. The largest absolute Gasteiger partial charge is 0.462 e. The molecule has 5 aliphatic carbocycles. The van der Waals surface area contributed by atoms with Gasteiger partial charge < -0.3 is 15.2 Å². The van der Waals surface area contributed by atoms with Crippen molar-refractivity contribution in [1.29, 1.82) is 0 Å². The summed E-state index contributed by atoms with van der Waals surface area (Å²) in [6.07, 6.45) is 9.98. The maximum Gasteiger partial charge on any atom is 0.303 e. The van der Waals surface area contributed by atoms with Gasteiger partial charge in [0.15, 0.2) is 11.9 Å². The molecule has 5 aliphatic rings. The number of aliphatic imine (C=N–C) groups is 1. The van der Waals surface area contributed by atoms with Crippen molar-refractivity contribution in [3.63, 3.8) is 0 Å². The maximum absolute atomic E-state index is 13.9. The van der Waals surface area contributed by atoms with Crippen molar-refractivity contribution in [3.05, 3.63) is 24.3 Å². The van der Waals surface area contributed by atoms with Crippen LogP contribution in [0.5, 0.6) is 0 Å². The molecule has 0 radical (unpaired) electrons. The molecule has 248 valence electrons. The van der Waals surface area contributed by atoms with Crippen molar-refractivity contribution >= 4 is 29.3 Å². The smallest absolute Gasteiger partial charge is 0.303 e. The topological polar surface area (TPSA) is 125 Å². The first kappa shape index (κ1) is 33.6. The first-order chi connectivity index (χ1) is 21.0. The van der Waals surface area contributed by atoms with Crippen LogP contribution in [0.15, 0.2) is 29.3 Å². The van der Waals surface area contributed by atoms with Crippen LogP contribution in [0.3, 0.4) is 0 Å². The van der Waals surface area contributed by atoms with Gasteiger partial charge in [-0.05, 0) is 96.0 Å². The molecule has 0 heterocycles. The number of Topliss-reactive ketones (excluding diaryl/α,β-unsaturated/α-hetero) is 1. The van der Waals surface area contributed by atoms with Gasteiger partial charge in [-0.1, -0.05) is 54.2 Å². The van der Waals surface area contributed by atoms with E-state index in [1.807, 2.05) is 20.8 Å². The Balaban J connectivity index is 1.52. The fourth-order valence-electron chi connectivity index (χ4n) is 11.5. The quantitative estimate of drug-likeness (QED) is 0.235. The summed E-state index contributed by atoms with van der Waals surface area (Å²) in [5, 5.41) is 0. The minimum absolute atomic E-state index is 0.0204. The Kier molecular flexibility index (Phi) is 8.57. The number of rotatable bonds is 10. The lowest BCUT2D eigenvalue weighted by Crippen LogP contribution is -2.56.